The molecule has 1 fully saturated rings. The molecule has 1 heterocycles. The molecule has 0 aromatic carbocycles. The van der Waals surface area contributed by atoms with Crippen LogP contribution in [0, 0.1) is 11.5 Å². The van der Waals surface area contributed by atoms with E-state index in [0.29, 0.717) is 11.2 Å². The summed E-state index contributed by atoms with van der Waals surface area (Å²) >= 11 is 6.07. The van der Waals surface area contributed by atoms with Gasteiger partial charge in [-0.15, -0.1) is 5.54 Å². The molecule has 1 N–H and O–H groups in total. The van der Waals surface area contributed by atoms with E-state index in [9.17, 15) is 0 Å². The van der Waals surface area contributed by atoms with Crippen LogP contribution in [0.15, 0.2) is 12.3 Å². The van der Waals surface area contributed by atoms with Crippen molar-refractivity contribution in [3.63, 3.8) is 0 Å². The molecule has 0 radical (unpaired) electrons. The van der Waals surface area contributed by atoms with E-state index in [-0.39, 0.29) is 5.04 Å². The van der Waals surface area contributed by atoms with E-state index in [1.165, 1.54) is 25.7 Å². The monoisotopic (exact) mass is 334 g/mol. The zero-order chi connectivity index (χ0) is 16.4. The summed E-state index contributed by atoms with van der Waals surface area (Å²) in [6.07, 6.45) is 6.88. The third kappa shape index (κ3) is 4.27. The van der Waals surface area contributed by atoms with Crippen LogP contribution in [0.4, 0.5) is 5.69 Å². The molecule has 1 aromatic rings. The number of aromatic nitrogens is 1. The summed E-state index contributed by atoms with van der Waals surface area (Å²) in [5, 5.41) is 4.40. The molecular formula is C18H27ClN2Si. The maximum absolute atomic E-state index is 6.07. The Kier molecular flexibility index (Phi) is 5.24. The molecule has 0 atom stereocenters. The lowest BCUT2D eigenvalue weighted by Crippen LogP contribution is -2.35. The topological polar surface area (TPSA) is 24.9 Å². The minimum absolute atomic E-state index is 0.263. The average Bonchev–Trinajstić information content (AvgIpc) is 2.89. The maximum Gasteiger partial charge on any atom is 0.138 e. The number of hydrogen-bond acceptors (Lipinski definition) is 2. The quantitative estimate of drug-likeness (QED) is 0.439. The third-order valence-electron chi connectivity index (χ3n) is 4.97. The first-order valence-corrected chi connectivity index (χ1v) is 11.5. The molecular weight excluding hydrogens is 308 g/mol. The van der Waals surface area contributed by atoms with Gasteiger partial charge in [0.1, 0.15) is 13.2 Å². The predicted molar refractivity (Wildman–Crippen MR) is 99.2 cm³/mol. The van der Waals surface area contributed by atoms with Crippen LogP contribution in [-0.2, 0) is 0 Å². The van der Waals surface area contributed by atoms with Crippen LogP contribution in [0.1, 0.15) is 52.0 Å². The fraction of sp³-hybridized carbons (Fsp3) is 0.611. The van der Waals surface area contributed by atoms with Gasteiger partial charge >= 0.3 is 0 Å². The van der Waals surface area contributed by atoms with Gasteiger partial charge in [-0.25, -0.2) is 4.98 Å². The first kappa shape index (κ1) is 17.4. The lowest BCUT2D eigenvalue weighted by molar-refractivity contribution is 0.731. The zero-order valence-corrected chi connectivity index (χ0v) is 16.1. The zero-order valence-electron chi connectivity index (χ0n) is 14.4. The fourth-order valence-corrected chi connectivity index (χ4v) is 3.33. The van der Waals surface area contributed by atoms with Crippen molar-refractivity contribution in [3.8, 4) is 11.5 Å². The van der Waals surface area contributed by atoms with E-state index >= 15 is 0 Å². The molecule has 2 nitrogen and oxygen atoms in total. The number of hydrogen-bond donors (Lipinski definition) is 1. The highest BCUT2D eigenvalue weighted by atomic mass is 35.5. The van der Waals surface area contributed by atoms with Crippen LogP contribution in [0.2, 0.25) is 23.3 Å². The van der Waals surface area contributed by atoms with Gasteiger partial charge in [0.15, 0.2) is 0 Å². The summed E-state index contributed by atoms with van der Waals surface area (Å²) < 4.78 is 0. The van der Waals surface area contributed by atoms with Gasteiger partial charge in [0.25, 0.3) is 0 Å². The van der Waals surface area contributed by atoms with Crippen molar-refractivity contribution in [2.75, 3.05) is 5.32 Å². The largest absolute Gasteiger partial charge is 0.381 e. The second kappa shape index (κ2) is 6.64. The molecule has 4 heteroatoms. The Balaban J connectivity index is 2.27. The Bertz CT molecular complexity index is 587. The molecule has 0 aliphatic heterocycles. The summed E-state index contributed by atoms with van der Waals surface area (Å²) in [7, 11) is -1.62. The molecule has 0 amide bonds. The lowest BCUT2D eigenvalue weighted by atomic mass is 10.2. The Morgan fingerprint density at radius 1 is 1.27 bits per heavy atom. The molecule has 120 valence electrons. The first-order valence-electron chi connectivity index (χ1n) is 8.14. The van der Waals surface area contributed by atoms with Crippen molar-refractivity contribution in [1.82, 2.24) is 4.98 Å². The van der Waals surface area contributed by atoms with Crippen LogP contribution in [0.25, 0.3) is 0 Å². The first-order chi connectivity index (χ1) is 10.2. The van der Waals surface area contributed by atoms with Gasteiger partial charge in [0.05, 0.1) is 11.3 Å². The van der Waals surface area contributed by atoms with E-state index in [1.807, 2.05) is 6.07 Å². The van der Waals surface area contributed by atoms with E-state index < -0.39 is 8.07 Å². The fourth-order valence-electron chi connectivity index (χ4n) is 2.35. The van der Waals surface area contributed by atoms with Crippen molar-refractivity contribution in [2.45, 2.75) is 70.6 Å². The highest BCUT2D eigenvalue weighted by Crippen LogP contribution is 2.35. The number of anilines is 1. The van der Waals surface area contributed by atoms with Crippen LogP contribution >= 0.6 is 11.6 Å². The smallest absolute Gasteiger partial charge is 0.138 e. The minimum Gasteiger partial charge on any atom is -0.381 e. The normalized spacial score (nSPS) is 16.3. The van der Waals surface area contributed by atoms with E-state index in [0.717, 1.165) is 11.3 Å². The lowest BCUT2D eigenvalue weighted by Gasteiger charge is -2.31. The second-order valence-corrected chi connectivity index (χ2v) is 13.2. The Labute approximate surface area is 141 Å². The molecule has 1 aliphatic rings. The predicted octanol–water partition coefficient (Wildman–Crippen LogP) is 5.49. The molecule has 2 rings (SSSR count). The van der Waals surface area contributed by atoms with Gasteiger partial charge in [-0.2, -0.15) is 0 Å². The molecule has 22 heavy (non-hydrogen) atoms. The van der Waals surface area contributed by atoms with Gasteiger partial charge in [-0.1, -0.05) is 64.2 Å². The summed E-state index contributed by atoms with van der Waals surface area (Å²) in [5.74, 6) is 3.39. The van der Waals surface area contributed by atoms with Gasteiger partial charge in [0.2, 0.25) is 0 Å². The van der Waals surface area contributed by atoms with Gasteiger partial charge in [-0.3, -0.25) is 0 Å². The molecule has 0 saturated heterocycles. The number of rotatable bonds is 2. The van der Waals surface area contributed by atoms with Gasteiger partial charge in [-0.05, 0) is 23.9 Å². The SMILES string of the molecule is CC(C)(C)[Si](C)(C)C#Cc1cnc(Cl)cc1NC1CCCC1. The van der Waals surface area contributed by atoms with Crippen LogP contribution in [-0.4, -0.2) is 19.1 Å². The number of nitrogens with zero attached hydrogens (tertiary/aromatic N) is 1. The summed E-state index contributed by atoms with van der Waals surface area (Å²) in [6.45, 7) is 11.5. The molecule has 1 aliphatic carbocycles. The summed E-state index contributed by atoms with van der Waals surface area (Å²) in [5.41, 5.74) is 5.58. The minimum atomic E-state index is -1.62. The van der Waals surface area contributed by atoms with E-state index in [4.69, 9.17) is 11.6 Å². The Hall–Kier alpha value is -0.983. The van der Waals surface area contributed by atoms with Crippen molar-refractivity contribution in [2.24, 2.45) is 0 Å². The maximum atomic E-state index is 6.07. The highest BCUT2D eigenvalue weighted by Gasteiger charge is 2.33. The second-order valence-electron chi connectivity index (χ2n) is 7.80. The molecule has 0 unspecified atom stereocenters. The molecule has 1 saturated carbocycles. The van der Waals surface area contributed by atoms with E-state index in [2.05, 4.69) is 55.6 Å². The number of nitrogens with one attached hydrogen (secondary N) is 1. The standard InChI is InChI=1S/C18H27ClN2Si/c1-18(2,3)22(4,5)11-10-14-13-20-17(19)12-16(14)21-15-8-6-7-9-15/h12-13,15H,6-9H2,1-5H3,(H,20,21). The summed E-state index contributed by atoms with van der Waals surface area (Å²) in [6, 6.07) is 2.46. The van der Waals surface area contributed by atoms with Gasteiger partial charge < -0.3 is 5.32 Å². The van der Waals surface area contributed by atoms with Crippen LogP contribution in [0.3, 0.4) is 0 Å². The van der Waals surface area contributed by atoms with Crippen molar-refractivity contribution >= 4 is 25.4 Å². The Morgan fingerprint density at radius 3 is 2.50 bits per heavy atom. The summed E-state index contributed by atoms with van der Waals surface area (Å²) in [4.78, 5) is 4.22. The van der Waals surface area contributed by atoms with Crippen molar-refractivity contribution < 1.29 is 0 Å². The molecule has 1 aromatic heterocycles. The molecule has 0 bridgehead atoms. The van der Waals surface area contributed by atoms with Crippen LogP contribution in [0.5, 0.6) is 0 Å². The van der Waals surface area contributed by atoms with Gasteiger partial charge in [0, 0.05) is 12.2 Å². The third-order valence-corrected chi connectivity index (χ3v) is 9.68. The molecule has 0 spiro atoms. The van der Waals surface area contributed by atoms with Crippen molar-refractivity contribution in [1.29, 1.82) is 0 Å². The van der Waals surface area contributed by atoms with Crippen LogP contribution < -0.4 is 5.32 Å². The highest BCUT2D eigenvalue weighted by molar-refractivity contribution is 6.87. The number of halogens is 1. The Morgan fingerprint density at radius 2 is 1.91 bits per heavy atom. The van der Waals surface area contributed by atoms with E-state index in [1.54, 1.807) is 6.20 Å². The average molecular weight is 335 g/mol. The number of pyridine rings is 1. The van der Waals surface area contributed by atoms with Crippen molar-refractivity contribution in [3.05, 3.63) is 23.0 Å².